The Labute approximate surface area is 117 Å². The molecule has 0 aromatic heterocycles. The summed E-state index contributed by atoms with van der Waals surface area (Å²) in [4.78, 5) is 19.4. The first-order chi connectivity index (χ1) is 9.74. The van der Waals surface area contributed by atoms with Crippen molar-refractivity contribution in [3.63, 3.8) is 0 Å². The van der Waals surface area contributed by atoms with E-state index in [0.29, 0.717) is 12.1 Å². The maximum absolute atomic E-state index is 12.9. The van der Waals surface area contributed by atoms with Gasteiger partial charge in [0.15, 0.2) is 0 Å². The van der Waals surface area contributed by atoms with Gasteiger partial charge in [-0.2, -0.15) is 0 Å². The van der Waals surface area contributed by atoms with Crippen molar-refractivity contribution in [2.45, 2.75) is 31.8 Å². The largest absolute Gasteiger partial charge is 0.382 e. The third-order valence-corrected chi connectivity index (χ3v) is 3.79. The zero-order valence-electron chi connectivity index (χ0n) is 11.2. The Morgan fingerprint density at radius 3 is 2.60 bits per heavy atom. The van der Waals surface area contributed by atoms with Crippen molar-refractivity contribution in [2.75, 3.05) is 13.1 Å². The molecular weight excluding hydrogens is 259 g/mol. The van der Waals surface area contributed by atoms with Gasteiger partial charge >= 0.3 is 0 Å². The summed E-state index contributed by atoms with van der Waals surface area (Å²) >= 11 is 0. The Bertz CT molecular complexity index is 521. The maximum atomic E-state index is 12.9. The number of piperidine rings is 1. The van der Waals surface area contributed by atoms with Gasteiger partial charge in [-0.05, 0) is 37.0 Å². The Kier molecular flexibility index (Phi) is 3.67. The van der Waals surface area contributed by atoms with Crippen LogP contribution in [0.5, 0.6) is 0 Å². The van der Waals surface area contributed by atoms with Crippen LogP contribution in [0.1, 0.15) is 31.2 Å². The second-order valence-electron chi connectivity index (χ2n) is 5.23. The Morgan fingerprint density at radius 1 is 1.20 bits per heavy atom. The van der Waals surface area contributed by atoms with Crippen LogP contribution in [0.3, 0.4) is 0 Å². The average molecular weight is 276 g/mol. The minimum Gasteiger partial charge on any atom is -0.382 e. The molecule has 2 heterocycles. The fourth-order valence-electron chi connectivity index (χ4n) is 2.64. The number of benzene rings is 1. The number of hydrogen-bond donors (Lipinski definition) is 0. The highest BCUT2D eigenvalue weighted by molar-refractivity contribution is 6.04. The molecule has 0 saturated carbocycles. The van der Waals surface area contributed by atoms with E-state index in [-0.39, 0.29) is 11.7 Å². The molecule has 1 aromatic carbocycles. The van der Waals surface area contributed by atoms with Gasteiger partial charge in [0.2, 0.25) is 6.10 Å². The third-order valence-electron chi connectivity index (χ3n) is 3.79. The van der Waals surface area contributed by atoms with Crippen molar-refractivity contribution in [1.29, 1.82) is 0 Å². The maximum Gasteiger partial charge on any atom is 0.266 e. The molecule has 106 valence electrons. The van der Waals surface area contributed by atoms with Crippen molar-refractivity contribution in [3.05, 3.63) is 35.6 Å². The van der Waals surface area contributed by atoms with Crippen LogP contribution in [0.4, 0.5) is 4.39 Å². The fourth-order valence-corrected chi connectivity index (χ4v) is 2.64. The van der Waals surface area contributed by atoms with Crippen molar-refractivity contribution < 1.29 is 14.0 Å². The molecule has 0 N–H and O–H groups in total. The number of rotatable bonds is 2. The lowest BCUT2D eigenvalue weighted by Crippen LogP contribution is -2.42. The van der Waals surface area contributed by atoms with Crippen LogP contribution in [0.25, 0.3) is 0 Å². The number of nitrogens with zero attached hydrogens (tertiary/aromatic N) is 2. The first kappa shape index (κ1) is 13.1. The molecule has 0 bridgehead atoms. The molecule has 2 aliphatic heterocycles. The summed E-state index contributed by atoms with van der Waals surface area (Å²) in [6, 6.07) is 6.09. The lowest BCUT2D eigenvalue weighted by atomic mass is 10.0. The van der Waals surface area contributed by atoms with E-state index in [1.807, 2.05) is 4.90 Å². The summed E-state index contributed by atoms with van der Waals surface area (Å²) in [5.41, 5.74) is 1.51. The number of amides is 1. The van der Waals surface area contributed by atoms with E-state index in [4.69, 9.17) is 4.84 Å². The number of carbonyl (C=O) groups excluding carboxylic acids is 1. The summed E-state index contributed by atoms with van der Waals surface area (Å²) in [6.07, 6.45) is 3.25. The van der Waals surface area contributed by atoms with E-state index >= 15 is 0 Å². The van der Waals surface area contributed by atoms with Crippen LogP contribution in [0.2, 0.25) is 0 Å². The SMILES string of the molecule is O=C([C@H]1CC(c2ccc(F)cc2)=NO1)N1CCCCC1. The van der Waals surface area contributed by atoms with Crippen LogP contribution >= 0.6 is 0 Å². The van der Waals surface area contributed by atoms with Crippen molar-refractivity contribution in [3.8, 4) is 0 Å². The number of halogens is 1. The second kappa shape index (κ2) is 5.61. The molecular formula is C15H17FN2O2. The van der Waals surface area contributed by atoms with Gasteiger partial charge in [-0.15, -0.1) is 0 Å². The highest BCUT2D eigenvalue weighted by Gasteiger charge is 2.32. The monoisotopic (exact) mass is 276 g/mol. The van der Waals surface area contributed by atoms with Crippen LogP contribution in [0, 0.1) is 5.82 Å². The van der Waals surface area contributed by atoms with E-state index in [0.717, 1.165) is 31.5 Å². The Balaban J connectivity index is 1.63. The summed E-state index contributed by atoms with van der Waals surface area (Å²) in [5, 5.41) is 3.98. The molecule has 1 fully saturated rings. The highest BCUT2D eigenvalue weighted by atomic mass is 19.1. The van der Waals surface area contributed by atoms with E-state index < -0.39 is 6.10 Å². The topological polar surface area (TPSA) is 41.9 Å². The molecule has 0 spiro atoms. The number of hydrogen-bond acceptors (Lipinski definition) is 3. The molecule has 0 radical (unpaired) electrons. The molecule has 1 atom stereocenters. The molecule has 2 aliphatic rings. The van der Waals surface area contributed by atoms with Gasteiger partial charge in [-0.3, -0.25) is 4.79 Å². The lowest BCUT2D eigenvalue weighted by molar-refractivity contribution is -0.143. The van der Waals surface area contributed by atoms with Crippen molar-refractivity contribution in [1.82, 2.24) is 4.90 Å². The molecule has 1 saturated heterocycles. The lowest BCUT2D eigenvalue weighted by Gasteiger charge is -2.28. The summed E-state index contributed by atoms with van der Waals surface area (Å²) in [5.74, 6) is -0.264. The first-order valence-corrected chi connectivity index (χ1v) is 7.01. The van der Waals surface area contributed by atoms with E-state index in [2.05, 4.69) is 5.16 Å². The van der Waals surface area contributed by atoms with Gasteiger partial charge in [0, 0.05) is 19.5 Å². The van der Waals surface area contributed by atoms with Crippen molar-refractivity contribution >= 4 is 11.6 Å². The summed E-state index contributed by atoms with van der Waals surface area (Å²) < 4.78 is 12.9. The van der Waals surface area contributed by atoms with Gasteiger partial charge in [-0.25, -0.2) is 4.39 Å². The van der Waals surface area contributed by atoms with Gasteiger partial charge in [0.05, 0.1) is 5.71 Å². The normalized spacial score (nSPS) is 22.4. The zero-order chi connectivity index (χ0) is 13.9. The summed E-state index contributed by atoms with van der Waals surface area (Å²) in [6.45, 7) is 1.62. The minimum atomic E-state index is -0.520. The number of oxime groups is 1. The predicted molar refractivity (Wildman–Crippen MR) is 72.9 cm³/mol. The van der Waals surface area contributed by atoms with E-state index in [9.17, 15) is 9.18 Å². The third kappa shape index (κ3) is 2.66. The van der Waals surface area contributed by atoms with Gasteiger partial charge < -0.3 is 9.74 Å². The van der Waals surface area contributed by atoms with Crippen molar-refractivity contribution in [2.24, 2.45) is 5.16 Å². The van der Waals surface area contributed by atoms with Gasteiger partial charge in [-0.1, -0.05) is 17.3 Å². The smallest absolute Gasteiger partial charge is 0.266 e. The summed E-state index contributed by atoms with van der Waals surface area (Å²) in [7, 11) is 0. The van der Waals surface area contributed by atoms with Gasteiger partial charge in [0.1, 0.15) is 5.82 Å². The minimum absolute atomic E-state index is 0.0190. The molecule has 5 heteroatoms. The number of likely N-dealkylation sites (tertiary alicyclic amines) is 1. The molecule has 4 nitrogen and oxygen atoms in total. The van der Waals surface area contributed by atoms with Crippen LogP contribution in [0.15, 0.2) is 29.4 Å². The molecule has 1 amide bonds. The molecule has 1 aromatic rings. The fraction of sp³-hybridized carbons (Fsp3) is 0.467. The zero-order valence-corrected chi connectivity index (χ0v) is 11.2. The predicted octanol–water partition coefficient (Wildman–Crippen LogP) is 2.33. The number of carbonyl (C=O) groups is 1. The Hall–Kier alpha value is -1.91. The van der Waals surface area contributed by atoms with Crippen LogP contribution < -0.4 is 0 Å². The first-order valence-electron chi connectivity index (χ1n) is 7.01. The molecule has 20 heavy (non-hydrogen) atoms. The van der Waals surface area contributed by atoms with Gasteiger partial charge in [0.25, 0.3) is 5.91 Å². The standard InChI is InChI=1S/C15H17FN2O2/c16-12-6-4-11(5-7-12)13-10-14(20-17-13)15(19)18-8-2-1-3-9-18/h4-7,14H,1-3,8-10H2/t14-/m1/s1. The second-order valence-corrected chi connectivity index (χ2v) is 5.23. The van der Waals surface area contributed by atoms with E-state index in [1.54, 1.807) is 12.1 Å². The average Bonchev–Trinajstić information content (AvgIpc) is 2.98. The van der Waals surface area contributed by atoms with E-state index in [1.165, 1.54) is 18.6 Å². The quantitative estimate of drug-likeness (QED) is 0.832. The van der Waals surface area contributed by atoms with Crippen LogP contribution in [-0.4, -0.2) is 35.7 Å². The molecule has 0 unspecified atom stereocenters. The van der Waals surface area contributed by atoms with Crippen LogP contribution in [-0.2, 0) is 9.63 Å². The highest BCUT2D eigenvalue weighted by Crippen LogP contribution is 2.20. The molecule has 3 rings (SSSR count). The Morgan fingerprint density at radius 2 is 1.90 bits per heavy atom. The molecule has 0 aliphatic carbocycles.